The maximum absolute atomic E-state index is 6.04. The maximum Gasteiger partial charge on any atom is 0.136 e. The molecule has 1 rings (SSSR count). The first-order valence-electron chi connectivity index (χ1n) is 4.13. The molecule has 0 N–H and O–H groups in total. The van der Waals surface area contributed by atoms with Crippen molar-refractivity contribution in [3.8, 4) is 5.75 Å². The van der Waals surface area contributed by atoms with Gasteiger partial charge in [0.05, 0.1) is 11.6 Å². The summed E-state index contributed by atoms with van der Waals surface area (Å²) < 4.78 is 6.26. The predicted octanol–water partition coefficient (Wildman–Crippen LogP) is 3.98. The van der Waals surface area contributed by atoms with Crippen LogP contribution in [-0.4, -0.2) is 7.11 Å². The summed E-state index contributed by atoms with van der Waals surface area (Å²) in [4.78, 5) is 0. The minimum absolute atomic E-state index is 0.782. The van der Waals surface area contributed by atoms with Crippen LogP contribution in [-0.2, 0) is 6.42 Å². The summed E-state index contributed by atoms with van der Waals surface area (Å²) in [6.45, 7) is 4.05. The SMILES string of the molecule is CCc1cc(Cl)c(C)c(Br)c1OC. The van der Waals surface area contributed by atoms with Crippen LogP contribution >= 0.6 is 27.5 Å². The van der Waals surface area contributed by atoms with Crippen LogP contribution in [0.15, 0.2) is 10.5 Å². The number of hydrogen-bond acceptors (Lipinski definition) is 1. The number of methoxy groups -OCH3 is 1. The zero-order valence-electron chi connectivity index (χ0n) is 7.95. The monoisotopic (exact) mass is 262 g/mol. The van der Waals surface area contributed by atoms with Crippen LogP contribution in [0.2, 0.25) is 5.02 Å². The van der Waals surface area contributed by atoms with Crippen LogP contribution in [0.25, 0.3) is 0 Å². The van der Waals surface area contributed by atoms with Crippen molar-refractivity contribution in [2.75, 3.05) is 7.11 Å². The van der Waals surface area contributed by atoms with Gasteiger partial charge in [0, 0.05) is 5.02 Å². The number of halogens is 2. The molecule has 1 nitrogen and oxygen atoms in total. The Morgan fingerprint density at radius 3 is 2.62 bits per heavy atom. The first-order chi connectivity index (χ1) is 6.11. The van der Waals surface area contributed by atoms with Gasteiger partial charge in [-0.3, -0.25) is 0 Å². The van der Waals surface area contributed by atoms with Crippen molar-refractivity contribution < 1.29 is 4.74 Å². The average molecular weight is 264 g/mol. The fraction of sp³-hybridized carbons (Fsp3) is 0.400. The van der Waals surface area contributed by atoms with Crippen molar-refractivity contribution in [2.45, 2.75) is 20.3 Å². The first kappa shape index (κ1) is 10.9. The number of benzene rings is 1. The van der Waals surface area contributed by atoms with Gasteiger partial charge in [-0.15, -0.1) is 0 Å². The highest BCUT2D eigenvalue weighted by molar-refractivity contribution is 9.10. The summed E-state index contributed by atoms with van der Waals surface area (Å²) in [6.07, 6.45) is 0.918. The Balaban J connectivity index is 3.39. The minimum atomic E-state index is 0.782. The van der Waals surface area contributed by atoms with Gasteiger partial charge in [-0.2, -0.15) is 0 Å². The molecule has 0 fully saturated rings. The molecule has 0 spiro atoms. The van der Waals surface area contributed by atoms with E-state index in [1.165, 1.54) is 0 Å². The van der Waals surface area contributed by atoms with Crippen molar-refractivity contribution in [1.82, 2.24) is 0 Å². The Labute approximate surface area is 92.2 Å². The first-order valence-corrected chi connectivity index (χ1v) is 5.30. The summed E-state index contributed by atoms with van der Waals surface area (Å²) >= 11 is 9.51. The molecule has 0 amide bonds. The van der Waals surface area contributed by atoms with Crippen molar-refractivity contribution in [3.05, 3.63) is 26.7 Å². The van der Waals surface area contributed by atoms with Crippen molar-refractivity contribution in [1.29, 1.82) is 0 Å². The molecule has 0 radical (unpaired) electrons. The zero-order valence-corrected chi connectivity index (χ0v) is 10.3. The molecule has 0 bridgehead atoms. The smallest absolute Gasteiger partial charge is 0.136 e. The summed E-state index contributed by atoms with van der Waals surface area (Å²) in [6, 6.07) is 1.96. The third-order valence-corrected chi connectivity index (χ3v) is 3.41. The molecule has 0 saturated carbocycles. The van der Waals surface area contributed by atoms with Gasteiger partial charge in [0.15, 0.2) is 0 Å². The molecule has 1 aromatic carbocycles. The van der Waals surface area contributed by atoms with E-state index in [0.29, 0.717) is 0 Å². The molecular formula is C10H12BrClO. The number of ether oxygens (including phenoxy) is 1. The van der Waals surface area contributed by atoms with Crippen LogP contribution in [0.5, 0.6) is 5.75 Å². The van der Waals surface area contributed by atoms with Gasteiger partial charge in [0.1, 0.15) is 5.75 Å². The zero-order chi connectivity index (χ0) is 10.0. The Morgan fingerprint density at radius 2 is 2.15 bits per heavy atom. The fourth-order valence-electron chi connectivity index (χ4n) is 1.23. The van der Waals surface area contributed by atoms with Gasteiger partial charge in [0.2, 0.25) is 0 Å². The topological polar surface area (TPSA) is 9.23 Å². The molecule has 0 unspecified atom stereocenters. The lowest BCUT2D eigenvalue weighted by molar-refractivity contribution is 0.407. The van der Waals surface area contributed by atoms with Crippen LogP contribution in [0.4, 0.5) is 0 Å². The third-order valence-electron chi connectivity index (χ3n) is 2.06. The van der Waals surface area contributed by atoms with Crippen molar-refractivity contribution in [2.24, 2.45) is 0 Å². The van der Waals surface area contributed by atoms with Crippen LogP contribution in [0, 0.1) is 6.92 Å². The second kappa shape index (κ2) is 4.34. The van der Waals surface area contributed by atoms with E-state index in [9.17, 15) is 0 Å². The summed E-state index contributed by atoms with van der Waals surface area (Å²) in [5, 5.41) is 0.782. The van der Waals surface area contributed by atoms with E-state index in [1.807, 2.05) is 13.0 Å². The average Bonchev–Trinajstić information content (AvgIpc) is 2.13. The standard InChI is InChI=1S/C10H12BrClO/c1-4-7-5-8(12)6(2)9(11)10(7)13-3/h5H,4H2,1-3H3. The van der Waals surface area contributed by atoms with Gasteiger partial charge in [-0.1, -0.05) is 18.5 Å². The summed E-state index contributed by atoms with van der Waals surface area (Å²) in [7, 11) is 1.67. The quantitative estimate of drug-likeness (QED) is 0.784. The van der Waals surface area contributed by atoms with E-state index in [4.69, 9.17) is 16.3 Å². The molecule has 1 aromatic rings. The van der Waals surface area contributed by atoms with E-state index >= 15 is 0 Å². The highest BCUT2D eigenvalue weighted by atomic mass is 79.9. The summed E-state index contributed by atoms with van der Waals surface area (Å²) in [5.74, 6) is 0.893. The number of hydrogen-bond donors (Lipinski definition) is 0. The Bertz CT molecular complexity index is 323. The lowest BCUT2D eigenvalue weighted by Crippen LogP contribution is -1.94. The molecule has 13 heavy (non-hydrogen) atoms. The lowest BCUT2D eigenvalue weighted by Gasteiger charge is -2.12. The second-order valence-corrected chi connectivity index (χ2v) is 4.04. The van der Waals surface area contributed by atoms with E-state index < -0.39 is 0 Å². The second-order valence-electron chi connectivity index (χ2n) is 2.84. The normalized spacial score (nSPS) is 10.2. The van der Waals surface area contributed by atoms with E-state index in [2.05, 4.69) is 22.9 Å². The minimum Gasteiger partial charge on any atom is -0.495 e. The predicted molar refractivity (Wildman–Crippen MR) is 59.8 cm³/mol. The van der Waals surface area contributed by atoms with Gasteiger partial charge in [0.25, 0.3) is 0 Å². The highest BCUT2D eigenvalue weighted by Crippen LogP contribution is 2.36. The molecule has 0 atom stereocenters. The highest BCUT2D eigenvalue weighted by Gasteiger charge is 2.11. The van der Waals surface area contributed by atoms with Gasteiger partial charge in [-0.25, -0.2) is 0 Å². The van der Waals surface area contributed by atoms with Crippen LogP contribution < -0.4 is 4.74 Å². The fourth-order valence-corrected chi connectivity index (χ4v) is 2.20. The largest absolute Gasteiger partial charge is 0.495 e. The van der Waals surface area contributed by atoms with Crippen LogP contribution in [0.3, 0.4) is 0 Å². The Morgan fingerprint density at radius 1 is 1.54 bits per heavy atom. The molecule has 0 aliphatic heterocycles. The third kappa shape index (κ3) is 2.00. The lowest BCUT2D eigenvalue weighted by atomic mass is 10.1. The van der Waals surface area contributed by atoms with E-state index in [1.54, 1.807) is 7.11 Å². The molecule has 0 aromatic heterocycles. The number of rotatable bonds is 2. The Kier molecular flexibility index (Phi) is 3.63. The Hall–Kier alpha value is -0.210. The molecular weight excluding hydrogens is 251 g/mol. The maximum atomic E-state index is 6.04. The molecule has 72 valence electrons. The van der Waals surface area contributed by atoms with E-state index in [-0.39, 0.29) is 0 Å². The van der Waals surface area contributed by atoms with Crippen LogP contribution in [0.1, 0.15) is 18.1 Å². The van der Waals surface area contributed by atoms with Crippen molar-refractivity contribution in [3.63, 3.8) is 0 Å². The molecule has 0 aliphatic carbocycles. The molecule has 0 aliphatic rings. The molecule has 0 saturated heterocycles. The van der Waals surface area contributed by atoms with Gasteiger partial charge >= 0.3 is 0 Å². The summed E-state index contributed by atoms with van der Waals surface area (Å²) in [5.41, 5.74) is 2.15. The van der Waals surface area contributed by atoms with Gasteiger partial charge < -0.3 is 4.74 Å². The molecule has 3 heteroatoms. The van der Waals surface area contributed by atoms with E-state index in [0.717, 1.165) is 32.8 Å². The van der Waals surface area contributed by atoms with Crippen molar-refractivity contribution >= 4 is 27.5 Å². The molecule has 0 heterocycles. The number of aryl methyl sites for hydroxylation is 1. The van der Waals surface area contributed by atoms with Gasteiger partial charge in [-0.05, 0) is 46.5 Å².